The fourth-order valence-electron chi connectivity index (χ4n) is 2.29. The second kappa shape index (κ2) is 5.71. The molecule has 0 atom stereocenters. The molecule has 1 saturated heterocycles. The molecule has 1 aromatic carbocycles. The molecule has 1 N–H and O–H groups in total. The summed E-state index contributed by atoms with van der Waals surface area (Å²) in [6, 6.07) is 6.07. The zero-order valence-electron chi connectivity index (χ0n) is 10.2. The molecule has 1 fully saturated rings. The van der Waals surface area contributed by atoms with E-state index in [2.05, 4.69) is 22.8 Å². The van der Waals surface area contributed by atoms with Gasteiger partial charge in [0.2, 0.25) is 0 Å². The Labute approximate surface area is 108 Å². The van der Waals surface area contributed by atoms with Crippen molar-refractivity contribution in [2.24, 2.45) is 0 Å². The Balaban J connectivity index is 2.03. The minimum atomic E-state index is 0.246. The second-order valence-electron chi connectivity index (χ2n) is 4.44. The van der Waals surface area contributed by atoms with Gasteiger partial charge in [-0.2, -0.15) is 0 Å². The number of hydrogen-bond donors (Lipinski definition) is 1. The van der Waals surface area contributed by atoms with E-state index in [1.807, 2.05) is 12.1 Å². The van der Waals surface area contributed by atoms with Crippen molar-refractivity contribution < 1.29 is 5.11 Å². The summed E-state index contributed by atoms with van der Waals surface area (Å²) in [6.07, 6.45) is 0. The van der Waals surface area contributed by atoms with Crippen LogP contribution < -0.4 is 4.90 Å². The quantitative estimate of drug-likeness (QED) is 0.891. The average Bonchev–Trinajstić information content (AvgIpc) is 2.34. The Hall–Kier alpha value is -0.770. The van der Waals surface area contributed by atoms with Crippen molar-refractivity contribution in [3.8, 4) is 0 Å². The Morgan fingerprint density at radius 1 is 1.24 bits per heavy atom. The number of aliphatic hydroxyl groups excluding tert-OH is 1. The van der Waals surface area contributed by atoms with Crippen LogP contribution in [0.4, 0.5) is 5.69 Å². The maximum atomic E-state index is 8.91. The molecule has 0 bridgehead atoms. The first-order chi connectivity index (χ1) is 8.22. The zero-order chi connectivity index (χ0) is 12.3. The third kappa shape index (κ3) is 2.92. The second-order valence-corrected chi connectivity index (χ2v) is 4.84. The lowest BCUT2D eigenvalue weighted by Crippen LogP contribution is -2.47. The minimum Gasteiger partial charge on any atom is -0.395 e. The fraction of sp³-hybridized carbons (Fsp3) is 0.538. The molecule has 94 valence electrons. The van der Waals surface area contributed by atoms with Crippen LogP contribution in [0.2, 0.25) is 5.02 Å². The summed E-state index contributed by atoms with van der Waals surface area (Å²) >= 11 is 6.14. The zero-order valence-corrected chi connectivity index (χ0v) is 11.0. The van der Waals surface area contributed by atoms with E-state index in [4.69, 9.17) is 16.7 Å². The molecule has 4 heteroatoms. The molecule has 0 unspecified atom stereocenters. The monoisotopic (exact) mass is 254 g/mol. The van der Waals surface area contributed by atoms with Crippen LogP contribution in [0.3, 0.4) is 0 Å². The minimum absolute atomic E-state index is 0.246. The van der Waals surface area contributed by atoms with Crippen molar-refractivity contribution in [3.05, 3.63) is 28.8 Å². The lowest BCUT2D eigenvalue weighted by molar-refractivity contribution is 0.188. The van der Waals surface area contributed by atoms with Gasteiger partial charge in [0.1, 0.15) is 0 Å². The number of nitrogens with zero attached hydrogens (tertiary/aromatic N) is 2. The molecular weight excluding hydrogens is 236 g/mol. The number of β-amino-alcohol motifs (C(OH)–C–C–N with tert-alkyl or cyclic N) is 1. The third-order valence-corrected chi connectivity index (χ3v) is 3.78. The first-order valence-corrected chi connectivity index (χ1v) is 6.43. The van der Waals surface area contributed by atoms with E-state index < -0.39 is 0 Å². The van der Waals surface area contributed by atoms with E-state index in [-0.39, 0.29) is 6.61 Å². The highest BCUT2D eigenvalue weighted by Gasteiger charge is 2.18. The van der Waals surface area contributed by atoms with Gasteiger partial charge in [-0.1, -0.05) is 17.7 Å². The lowest BCUT2D eigenvalue weighted by atomic mass is 10.1. The number of hydrogen-bond acceptors (Lipinski definition) is 3. The SMILES string of the molecule is Cc1c(Cl)cccc1N1CCN(CCO)CC1. The Kier molecular flexibility index (Phi) is 4.26. The van der Waals surface area contributed by atoms with Crippen molar-refractivity contribution in [1.82, 2.24) is 4.90 Å². The standard InChI is InChI=1S/C13H19ClN2O/c1-11-12(14)3-2-4-13(11)16-7-5-15(6-8-16)9-10-17/h2-4,17H,5-10H2,1H3. The number of benzene rings is 1. The Morgan fingerprint density at radius 3 is 2.59 bits per heavy atom. The van der Waals surface area contributed by atoms with Gasteiger partial charge in [0.15, 0.2) is 0 Å². The van der Waals surface area contributed by atoms with Gasteiger partial charge in [-0.15, -0.1) is 0 Å². The van der Waals surface area contributed by atoms with Gasteiger partial charge in [0.25, 0.3) is 0 Å². The smallest absolute Gasteiger partial charge is 0.0558 e. The summed E-state index contributed by atoms with van der Waals surface area (Å²) in [5, 5.41) is 9.74. The fourth-order valence-corrected chi connectivity index (χ4v) is 2.46. The normalized spacial score (nSPS) is 17.5. The molecule has 0 radical (unpaired) electrons. The Morgan fingerprint density at radius 2 is 1.94 bits per heavy atom. The van der Waals surface area contributed by atoms with Crippen LogP contribution in [-0.2, 0) is 0 Å². The average molecular weight is 255 g/mol. The molecule has 0 spiro atoms. The predicted octanol–water partition coefficient (Wildman–Crippen LogP) is 1.76. The molecule has 1 heterocycles. The summed E-state index contributed by atoms with van der Waals surface area (Å²) < 4.78 is 0. The van der Waals surface area contributed by atoms with Gasteiger partial charge in [-0.25, -0.2) is 0 Å². The van der Waals surface area contributed by atoms with E-state index in [9.17, 15) is 0 Å². The highest BCUT2D eigenvalue weighted by molar-refractivity contribution is 6.31. The van der Waals surface area contributed by atoms with Gasteiger partial charge < -0.3 is 10.0 Å². The van der Waals surface area contributed by atoms with Crippen LogP contribution in [0.1, 0.15) is 5.56 Å². The summed E-state index contributed by atoms with van der Waals surface area (Å²) in [4.78, 5) is 4.66. The summed E-state index contributed by atoms with van der Waals surface area (Å²) in [6.45, 7) is 7.11. The van der Waals surface area contributed by atoms with E-state index in [0.29, 0.717) is 0 Å². The topological polar surface area (TPSA) is 26.7 Å². The molecule has 0 saturated carbocycles. The molecule has 0 aromatic heterocycles. The van der Waals surface area contributed by atoms with Crippen molar-refractivity contribution >= 4 is 17.3 Å². The first-order valence-electron chi connectivity index (χ1n) is 6.05. The van der Waals surface area contributed by atoms with Crippen molar-refractivity contribution in [3.63, 3.8) is 0 Å². The lowest BCUT2D eigenvalue weighted by Gasteiger charge is -2.36. The number of anilines is 1. The van der Waals surface area contributed by atoms with Crippen molar-refractivity contribution in [2.75, 3.05) is 44.2 Å². The predicted molar refractivity (Wildman–Crippen MR) is 71.9 cm³/mol. The molecule has 17 heavy (non-hydrogen) atoms. The van der Waals surface area contributed by atoms with Gasteiger partial charge in [-0.05, 0) is 24.6 Å². The van der Waals surface area contributed by atoms with E-state index >= 15 is 0 Å². The summed E-state index contributed by atoms with van der Waals surface area (Å²) in [5.74, 6) is 0. The van der Waals surface area contributed by atoms with Crippen LogP contribution in [0.15, 0.2) is 18.2 Å². The number of rotatable bonds is 3. The van der Waals surface area contributed by atoms with Crippen molar-refractivity contribution in [2.45, 2.75) is 6.92 Å². The Bertz CT molecular complexity index is 376. The first kappa shape index (κ1) is 12.7. The molecule has 3 nitrogen and oxygen atoms in total. The van der Waals surface area contributed by atoms with Gasteiger partial charge in [0.05, 0.1) is 6.61 Å². The van der Waals surface area contributed by atoms with Crippen LogP contribution in [0, 0.1) is 6.92 Å². The number of aliphatic hydroxyl groups is 1. The molecule has 1 aromatic rings. The molecular formula is C13H19ClN2O. The van der Waals surface area contributed by atoms with Crippen LogP contribution >= 0.6 is 11.6 Å². The summed E-state index contributed by atoms with van der Waals surface area (Å²) in [7, 11) is 0. The van der Waals surface area contributed by atoms with Crippen molar-refractivity contribution in [1.29, 1.82) is 0 Å². The summed E-state index contributed by atoms with van der Waals surface area (Å²) in [5.41, 5.74) is 2.39. The molecule has 1 aliphatic rings. The molecule has 2 rings (SSSR count). The highest BCUT2D eigenvalue weighted by atomic mass is 35.5. The number of halogens is 1. The highest BCUT2D eigenvalue weighted by Crippen LogP contribution is 2.27. The maximum Gasteiger partial charge on any atom is 0.0558 e. The van der Waals surface area contributed by atoms with Crippen LogP contribution in [0.5, 0.6) is 0 Å². The molecule has 1 aliphatic heterocycles. The maximum absolute atomic E-state index is 8.91. The third-order valence-electron chi connectivity index (χ3n) is 3.37. The van der Waals surface area contributed by atoms with Gasteiger partial charge >= 0.3 is 0 Å². The van der Waals surface area contributed by atoms with E-state index in [1.165, 1.54) is 5.69 Å². The molecule has 0 amide bonds. The van der Waals surface area contributed by atoms with Gasteiger partial charge in [-0.3, -0.25) is 4.90 Å². The molecule has 0 aliphatic carbocycles. The largest absolute Gasteiger partial charge is 0.395 e. The van der Waals surface area contributed by atoms with Gasteiger partial charge in [0, 0.05) is 43.4 Å². The van der Waals surface area contributed by atoms with Crippen LogP contribution in [-0.4, -0.2) is 49.3 Å². The number of piperazine rings is 1. The van der Waals surface area contributed by atoms with E-state index in [1.54, 1.807) is 0 Å². The van der Waals surface area contributed by atoms with Crippen LogP contribution in [0.25, 0.3) is 0 Å². The van der Waals surface area contributed by atoms with E-state index in [0.717, 1.165) is 43.3 Å².